The van der Waals surface area contributed by atoms with Gasteiger partial charge in [0.05, 0.1) is 6.04 Å². The van der Waals surface area contributed by atoms with Crippen LogP contribution in [-0.2, 0) is 0 Å². The van der Waals surface area contributed by atoms with E-state index < -0.39 is 0 Å². The van der Waals surface area contributed by atoms with E-state index in [2.05, 4.69) is 43.4 Å². The van der Waals surface area contributed by atoms with Crippen molar-refractivity contribution in [3.05, 3.63) is 70.2 Å². The summed E-state index contributed by atoms with van der Waals surface area (Å²) in [4.78, 5) is 12.2. The third-order valence-corrected chi connectivity index (χ3v) is 3.52. The number of hydrogen-bond donors (Lipinski definition) is 1. The number of carbonyl (C=O) groups is 1. The molecule has 0 saturated carbocycles. The molecular weight excluding hydrogens is 270 g/mol. The largest absolute Gasteiger partial charge is 0.345 e. The Labute approximate surface area is 124 Å². The minimum atomic E-state index is -0.0973. The monoisotopic (exact) mass is 287 g/mol. The van der Waals surface area contributed by atoms with Crippen LogP contribution in [-0.4, -0.2) is 5.91 Å². The summed E-state index contributed by atoms with van der Waals surface area (Å²) in [5, 5.41) is 3.62. The van der Waals surface area contributed by atoms with Crippen molar-refractivity contribution in [3.63, 3.8) is 0 Å². The topological polar surface area (TPSA) is 29.1 Å². The summed E-state index contributed by atoms with van der Waals surface area (Å²) in [6.07, 6.45) is 0.843. The van der Waals surface area contributed by atoms with E-state index in [9.17, 15) is 4.79 Å². The van der Waals surface area contributed by atoms with Gasteiger partial charge < -0.3 is 5.32 Å². The van der Waals surface area contributed by atoms with Gasteiger partial charge in [0.1, 0.15) is 0 Å². The average molecular weight is 288 g/mol. The fourth-order valence-corrected chi connectivity index (χ4v) is 2.28. The molecule has 0 bridgehead atoms. The summed E-state index contributed by atoms with van der Waals surface area (Å²) in [7, 11) is 0. The SMILES string of the molecule is CCC(NC(=O)c1cccc(Cl)c1)c1ccc(C)cc1. The van der Waals surface area contributed by atoms with E-state index in [4.69, 9.17) is 11.6 Å². The number of benzene rings is 2. The number of halogens is 1. The zero-order valence-electron chi connectivity index (χ0n) is 11.7. The van der Waals surface area contributed by atoms with Crippen LogP contribution >= 0.6 is 11.6 Å². The van der Waals surface area contributed by atoms with Crippen LogP contribution in [0.1, 0.15) is 40.9 Å². The van der Waals surface area contributed by atoms with Crippen molar-refractivity contribution in [1.82, 2.24) is 5.32 Å². The predicted molar refractivity (Wildman–Crippen MR) is 83.1 cm³/mol. The molecule has 0 fully saturated rings. The number of carbonyl (C=O) groups excluding carboxylic acids is 1. The van der Waals surface area contributed by atoms with Crippen molar-refractivity contribution in [3.8, 4) is 0 Å². The molecule has 3 heteroatoms. The van der Waals surface area contributed by atoms with Crippen LogP contribution in [0.3, 0.4) is 0 Å². The second kappa shape index (κ2) is 6.58. The van der Waals surface area contributed by atoms with Gasteiger partial charge in [0.25, 0.3) is 5.91 Å². The van der Waals surface area contributed by atoms with Crippen LogP contribution in [0.5, 0.6) is 0 Å². The highest BCUT2D eigenvalue weighted by Gasteiger charge is 2.14. The van der Waals surface area contributed by atoms with Crippen molar-refractivity contribution in [1.29, 1.82) is 0 Å². The van der Waals surface area contributed by atoms with Gasteiger partial charge in [-0.25, -0.2) is 0 Å². The lowest BCUT2D eigenvalue weighted by atomic mass is 10.0. The molecule has 0 aliphatic rings. The molecule has 2 aromatic carbocycles. The molecule has 1 N–H and O–H groups in total. The first-order valence-corrected chi connectivity index (χ1v) is 7.11. The Bertz CT molecular complexity index is 592. The molecule has 0 aliphatic carbocycles. The summed E-state index contributed by atoms with van der Waals surface area (Å²) < 4.78 is 0. The van der Waals surface area contributed by atoms with Crippen LogP contribution < -0.4 is 5.32 Å². The maximum absolute atomic E-state index is 12.2. The molecule has 0 spiro atoms. The molecule has 2 nitrogen and oxygen atoms in total. The van der Waals surface area contributed by atoms with Crippen molar-refractivity contribution < 1.29 is 4.79 Å². The normalized spacial score (nSPS) is 11.9. The zero-order valence-corrected chi connectivity index (χ0v) is 12.4. The smallest absolute Gasteiger partial charge is 0.251 e. The Hall–Kier alpha value is -1.80. The maximum Gasteiger partial charge on any atom is 0.251 e. The highest BCUT2D eigenvalue weighted by atomic mass is 35.5. The Balaban J connectivity index is 2.14. The van der Waals surface area contributed by atoms with Crippen LogP contribution in [0, 0.1) is 6.92 Å². The second-order valence-electron chi connectivity index (χ2n) is 4.86. The molecule has 2 rings (SSSR count). The van der Waals surface area contributed by atoms with E-state index in [0.717, 1.165) is 12.0 Å². The molecule has 1 amide bonds. The van der Waals surface area contributed by atoms with Crippen LogP contribution in [0.15, 0.2) is 48.5 Å². The molecule has 104 valence electrons. The second-order valence-corrected chi connectivity index (χ2v) is 5.29. The zero-order chi connectivity index (χ0) is 14.5. The number of amides is 1. The van der Waals surface area contributed by atoms with Gasteiger partial charge in [-0.1, -0.05) is 54.4 Å². The molecule has 0 aliphatic heterocycles. The molecule has 0 aromatic heterocycles. The average Bonchev–Trinajstić information content (AvgIpc) is 2.45. The van der Waals surface area contributed by atoms with Gasteiger partial charge in [0.2, 0.25) is 0 Å². The molecule has 20 heavy (non-hydrogen) atoms. The quantitative estimate of drug-likeness (QED) is 0.879. The summed E-state index contributed by atoms with van der Waals surface area (Å²) >= 11 is 5.91. The Morgan fingerprint density at radius 2 is 1.90 bits per heavy atom. The Kier molecular flexibility index (Phi) is 4.80. The number of aryl methyl sites for hydroxylation is 1. The molecular formula is C17H18ClNO. The number of hydrogen-bond acceptors (Lipinski definition) is 1. The van der Waals surface area contributed by atoms with Crippen molar-refractivity contribution in [2.75, 3.05) is 0 Å². The third-order valence-electron chi connectivity index (χ3n) is 3.28. The van der Waals surface area contributed by atoms with Gasteiger partial charge >= 0.3 is 0 Å². The molecule has 2 aromatic rings. The highest BCUT2D eigenvalue weighted by Crippen LogP contribution is 2.18. The minimum absolute atomic E-state index is 0.0158. The lowest BCUT2D eigenvalue weighted by molar-refractivity contribution is 0.0935. The fourth-order valence-electron chi connectivity index (χ4n) is 2.09. The molecule has 0 saturated heterocycles. The number of nitrogens with one attached hydrogen (secondary N) is 1. The summed E-state index contributed by atoms with van der Waals surface area (Å²) in [5.41, 5.74) is 2.92. The van der Waals surface area contributed by atoms with E-state index in [0.29, 0.717) is 10.6 Å². The third kappa shape index (κ3) is 3.61. The molecule has 1 unspecified atom stereocenters. The minimum Gasteiger partial charge on any atom is -0.345 e. The van der Waals surface area contributed by atoms with Crippen molar-refractivity contribution in [2.24, 2.45) is 0 Å². The van der Waals surface area contributed by atoms with Crippen LogP contribution in [0.2, 0.25) is 5.02 Å². The van der Waals surface area contributed by atoms with E-state index in [1.54, 1.807) is 24.3 Å². The number of rotatable bonds is 4. The lowest BCUT2D eigenvalue weighted by Crippen LogP contribution is -2.28. The fraction of sp³-hybridized carbons (Fsp3) is 0.235. The highest BCUT2D eigenvalue weighted by molar-refractivity contribution is 6.30. The van der Waals surface area contributed by atoms with Crippen molar-refractivity contribution >= 4 is 17.5 Å². The maximum atomic E-state index is 12.2. The van der Waals surface area contributed by atoms with Gasteiger partial charge in [0.15, 0.2) is 0 Å². The van der Waals surface area contributed by atoms with Crippen LogP contribution in [0.4, 0.5) is 0 Å². The van der Waals surface area contributed by atoms with Gasteiger partial charge in [-0.3, -0.25) is 4.79 Å². The Morgan fingerprint density at radius 1 is 1.20 bits per heavy atom. The van der Waals surface area contributed by atoms with E-state index in [1.807, 2.05) is 0 Å². The molecule has 0 radical (unpaired) electrons. The molecule has 0 heterocycles. The van der Waals surface area contributed by atoms with E-state index in [1.165, 1.54) is 5.56 Å². The summed E-state index contributed by atoms with van der Waals surface area (Å²) in [6.45, 7) is 4.11. The van der Waals surface area contributed by atoms with Crippen LogP contribution in [0.25, 0.3) is 0 Å². The van der Waals surface area contributed by atoms with Crippen molar-refractivity contribution in [2.45, 2.75) is 26.3 Å². The standard InChI is InChI=1S/C17H18ClNO/c1-3-16(13-9-7-12(2)8-10-13)19-17(20)14-5-4-6-15(18)11-14/h4-11,16H,3H2,1-2H3,(H,19,20). The lowest BCUT2D eigenvalue weighted by Gasteiger charge is -2.18. The molecule has 1 atom stereocenters. The summed E-state index contributed by atoms with van der Waals surface area (Å²) in [6, 6.07) is 15.2. The van der Waals surface area contributed by atoms with Gasteiger partial charge in [-0.2, -0.15) is 0 Å². The van der Waals surface area contributed by atoms with E-state index >= 15 is 0 Å². The summed E-state index contributed by atoms with van der Waals surface area (Å²) in [5.74, 6) is -0.0973. The Morgan fingerprint density at radius 3 is 2.50 bits per heavy atom. The predicted octanol–water partition coefficient (Wildman–Crippen LogP) is 4.53. The van der Waals surface area contributed by atoms with Gasteiger partial charge in [0, 0.05) is 10.6 Å². The van der Waals surface area contributed by atoms with Gasteiger partial charge in [-0.15, -0.1) is 0 Å². The van der Waals surface area contributed by atoms with Gasteiger partial charge in [-0.05, 0) is 37.1 Å². The first-order chi connectivity index (χ1) is 9.60. The van der Waals surface area contributed by atoms with E-state index in [-0.39, 0.29) is 11.9 Å². The first-order valence-electron chi connectivity index (χ1n) is 6.73. The first kappa shape index (κ1) is 14.6.